The summed E-state index contributed by atoms with van der Waals surface area (Å²) in [5.74, 6) is 0. The van der Waals surface area contributed by atoms with Crippen molar-refractivity contribution in [3.05, 3.63) is 35.4 Å². The molecule has 0 saturated carbocycles. The van der Waals surface area contributed by atoms with Crippen molar-refractivity contribution in [1.29, 1.82) is 0 Å². The summed E-state index contributed by atoms with van der Waals surface area (Å²) < 4.78 is 5.32. The van der Waals surface area contributed by atoms with Gasteiger partial charge >= 0.3 is 0 Å². The molecule has 3 heteroatoms. The zero-order valence-electron chi connectivity index (χ0n) is 9.30. The van der Waals surface area contributed by atoms with E-state index in [1.807, 2.05) is 0 Å². The van der Waals surface area contributed by atoms with Gasteiger partial charge in [0.05, 0.1) is 25.4 Å². The van der Waals surface area contributed by atoms with Crippen LogP contribution in [0.15, 0.2) is 24.3 Å². The molecule has 2 atom stereocenters. The maximum absolute atomic E-state index is 9.82. The predicted octanol–water partition coefficient (Wildman–Crippen LogP) is 0.804. The molecule has 0 amide bonds. The van der Waals surface area contributed by atoms with Crippen molar-refractivity contribution in [2.45, 2.75) is 25.1 Å². The van der Waals surface area contributed by atoms with Gasteiger partial charge in [0, 0.05) is 13.1 Å². The zero-order valence-corrected chi connectivity index (χ0v) is 9.30. The SMILES string of the molecule is O[C@@H]1COC[C@H]1N1CCc2ccccc2C1. The van der Waals surface area contributed by atoms with Gasteiger partial charge in [-0.15, -0.1) is 0 Å². The maximum atomic E-state index is 9.82. The quantitative estimate of drug-likeness (QED) is 0.758. The molecule has 2 aliphatic heterocycles. The molecular formula is C13H17NO2. The molecule has 2 heterocycles. The highest BCUT2D eigenvalue weighted by molar-refractivity contribution is 5.29. The molecule has 0 radical (unpaired) electrons. The van der Waals surface area contributed by atoms with Crippen LogP contribution in [0.2, 0.25) is 0 Å². The van der Waals surface area contributed by atoms with E-state index in [0.29, 0.717) is 13.2 Å². The largest absolute Gasteiger partial charge is 0.389 e. The van der Waals surface area contributed by atoms with Crippen LogP contribution in [-0.2, 0) is 17.7 Å². The van der Waals surface area contributed by atoms with E-state index in [1.165, 1.54) is 11.1 Å². The minimum Gasteiger partial charge on any atom is -0.389 e. The van der Waals surface area contributed by atoms with Gasteiger partial charge in [-0.3, -0.25) is 4.90 Å². The summed E-state index contributed by atoms with van der Waals surface area (Å²) in [7, 11) is 0. The minimum atomic E-state index is -0.315. The topological polar surface area (TPSA) is 32.7 Å². The summed E-state index contributed by atoms with van der Waals surface area (Å²) in [4.78, 5) is 2.35. The van der Waals surface area contributed by atoms with Crippen LogP contribution in [0, 0.1) is 0 Å². The number of ether oxygens (including phenoxy) is 1. The maximum Gasteiger partial charge on any atom is 0.0950 e. The first-order valence-electron chi connectivity index (χ1n) is 5.91. The fourth-order valence-corrected chi connectivity index (χ4v) is 2.68. The van der Waals surface area contributed by atoms with Gasteiger partial charge in [-0.1, -0.05) is 24.3 Å². The van der Waals surface area contributed by atoms with E-state index >= 15 is 0 Å². The Morgan fingerprint density at radius 2 is 2.00 bits per heavy atom. The second-order valence-electron chi connectivity index (χ2n) is 4.66. The van der Waals surface area contributed by atoms with Crippen LogP contribution >= 0.6 is 0 Å². The Hall–Kier alpha value is -0.900. The molecule has 1 aromatic carbocycles. The Morgan fingerprint density at radius 1 is 1.19 bits per heavy atom. The third-order valence-electron chi connectivity index (χ3n) is 3.65. The molecule has 1 aromatic rings. The molecule has 1 N–H and O–H groups in total. The van der Waals surface area contributed by atoms with E-state index in [4.69, 9.17) is 4.74 Å². The monoisotopic (exact) mass is 219 g/mol. The third kappa shape index (κ3) is 1.75. The van der Waals surface area contributed by atoms with Crippen molar-refractivity contribution < 1.29 is 9.84 Å². The Morgan fingerprint density at radius 3 is 2.75 bits per heavy atom. The summed E-state index contributed by atoms with van der Waals surface area (Å²) in [5.41, 5.74) is 2.85. The molecule has 1 fully saturated rings. The van der Waals surface area contributed by atoms with Crippen LogP contribution in [0.5, 0.6) is 0 Å². The first-order chi connectivity index (χ1) is 7.84. The Bertz CT molecular complexity index is 380. The molecule has 3 rings (SSSR count). The first kappa shape index (κ1) is 10.3. The number of aliphatic hydroxyl groups excluding tert-OH is 1. The number of aliphatic hydroxyl groups is 1. The highest BCUT2D eigenvalue weighted by atomic mass is 16.5. The van der Waals surface area contributed by atoms with Crippen LogP contribution < -0.4 is 0 Å². The number of benzene rings is 1. The van der Waals surface area contributed by atoms with Gasteiger partial charge in [0.1, 0.15) is 0 Å². The van der Waals surface area contributed by atoms with Crippen LogP contribution in [0.4, 0.5) is 0 Å². The normalized spacial score (nSPS) is 30.3. The summed E-state index contributed by atoms with van der Waals surface area (Å²) in [6.45, 7) is 3.13. The van der Waals surface area contributed by atoms with Crippen molar-refractivity contribution >= 4 is 0 Å². The Balaban J connectivity index is 1.77. The molecule has 0 spiro atoms. The van der Waals surface area contributed by atoms with Crippen molar-refractivity contribution in [2.75, 3.05) is 19.8 Å². The second kappa shape index (κ2) is 4.17. The van der Waals surface area contributed by atoms with Crippen molar-refractivity contribution in [1.82, 2.24) is 4.90 Å². The number of rotatable bonds is 1. The lowest BCUT2D eigenvalue weighted by atomic mass is 9.98. The molecular weight excluding hydrogens is 202 g/mol. The predicted molar refractivity (Wildman–Crippen MR) is 61.2 cm³/mol. The van der Waals surface area contributed by atoms with Crippen LogP contribution in [0.1, 0.15) is 11.1 Å². The minimum absolute atomic E-state index is 0.188. The van der Waals surface area contributed by atoms with E-state index in [0.717, 1.165) is 19.5 Å². The highest BCUT2D eigenvalue weighted by Crippen LogP contribution is 2.23. The highest BCUT2D eigenvalue weighted by Gasteiger charge is 2.33. The van der Waals surface area contributed by atoms with Crippen molar-refractivity contribution in [3.63, 3.8) is 0 Å². The first-order valence-corrected chi connectivity index (χ1v) is 5.91. The fraction of sp³-hybridized carbons (Fsp3) is 0.538. The summed E-state index contributed by atoms with van der Waals surface area (Å²) in [6, 6.07) is 8.76. The zero-order chi connectivity index (χ0) is 11.0. The average Bonchev–Trinajstić information content (AvgIpc) is 2.75. The van der Waals surface area contributed by atoms with Crippen LogP contribution in [0.3, 0.4) is 0 Å². The molecule has 0 bridgehead atoms. The molecule has 0 aromatic heterocycles. The standard InChI is InChI=1S/C13H17NO2/c15-13-9-16-8-12(13)14-6-5-10-3-1-2-4-11(10)7-14/h1-4,12-13,15H,5-9H2/t12-,13-/m1/s1. The average molecular weight is 219 g/mol. The molecule has 0 aliphatic carbocycles. The number of hydrogen-bond acceptors (Lipinski definition) is 3. The van der Waals surface area contributed by atoms with E-state index in [2.05, 4.69) is 29.2 Å². The number of fused-ring (bicyclic) bond motifs is 1. The molecule has 2 aliphatic rings. The molecule has 1 saturated heterocycles. The van der Waals surface area contributed by atoms with E-state index in [-0.39, 0.29) is 12.1 Å². The summed E-state index contributed by atoms with van der Waals surface area (Å²) >= 11 is 0. The lowest BCUT2D eigenvalue weighted by Crippen LogP contribution is -2.45. The smallest absolute Gasteiger partial charge is 0.0950 e. The van der Waals surface area contributed by atoms with Gasteiger partial charge in [-0.05, 0) is 17.5 Å². The Labute approximate surface area is 95.6 Å². The summed E-state index contributed by atoms with van der Waals surface area (Å²) in [5, 5.41) is 9.82. The van der Waals surface area contributed by atoms with Gasteiger partial charge in [-0.2, -0.15) is 0 Å². The molecule has 0 unspecified atom stereocenters. The number of nitrogens with zero attached hydrogens (tertiary/aromatic N) is 1. The van der Waals surface area contributed by atoms with Crippen molar-refractivity contribution in [3.8, 4) is 0 Å². The van der Waals surface area contributed by atoms with E-state index in [1.54, 1.807) is 0 Å². The van der Waals surface area contributed by atoms with Gasteiger partial charge in [-0.25, -0.2) is 0 Å². The van der Waals surface area contributed by atoms with Crippen LogP contribution in [-0.4, -0.2) is 41.9 Å². The van der Waals surface area contributed by atoms with Gasteiger partial charge in [0.15, 0.2) is 0 Å². The molecule has 16 heavy (non-hydrogen) atoms. The lowest BCUT2D eigenvalue weighted by molar-refractivity contribution is 0.0742. The lowest BCUT2D eigenvalue weighted by Gasteiger charge is -2.34. The van der Waals surface area contributed by atoms with Crippen LogP contribution in [0.25, 0.3) is 0 Å². The van der Waals surface area contributed by atoms with E-state index in [9.17, 15) is 5.11 Å². The summed E-state index contributed by atoms with van der Waals surface area (Å²) in [6.07, 6.45) is 0.768. The van der Waals surface area contributed by atoms with Gasteiger partial charge in [0.2, 0.25) is 0 Å². The Kier molecular flexibility index (Phi) is 2.67. The second-order valence-corrected chi connectivity index (χ2v) is 4.66. The fourth-order valence-electron chi connectivity index (χ4n) is 2.68. The molecule has 86 valence electrons. The van der Waals surface area contributed by atoms with E-state index < -0.39 is 0 Å². The number of hydrogen-bond donors (Lipinski definition) is 1. The van der Waals surface area contributed by atoms with Gasteiger partial charge < -0.3 is 9.84 Å². The van der Waals surface area contributed by atoms with Gasteiger partial charge in [0.25, 0.3) is 0 Å². The molecule has 3 nitrogen and oxygen atoms in total. The third-order valence-corrected chi connectivity index (χ3v) is 3.65. The van der Waals surface area contributed by atoms with Crippen molar-refractivity contribution in [2.24, 2.45) is 0 Å².